The average molecular weight is 439 g/mol. The SMILES string of the molecule is O=C(Nc1c(F)cccc1F)N[C@@H](c1ccc(CF)cc1)c1ncccc1C(F)(F)F. The Labute approximate surface area is 172 Å². The van der Waals surface area contributed by atoms with Crippen LogP contribution in [0.2, 0.25) is 0 Å². The number of nitrogens with one attached hydrogen (secondary N) is 2. The van der Waals surface area contributed by atoms with Crippen molar-refractivity contribution in [3.8, 4) is 0 Å². The number of anilines is 1. The van der Waals surface area contributed by atoms with E-state index in [0.717, 1.165) is 36.5 Å². The van der Waals surface area contributed by atoms with Crippen LogP contribution in [-0.4, -0.2) is 11.0 Å². The van der Waals surface area contributed by atoms with Gasteiger partial charge in [0, 0.05) is 6.20 Å². The summed E-state index contributed by atoms with van der Waals surface area (Å²) in [4.78, 5) is 16.2. The van der Waals surface area contributed by atoms with Crippen molar-refractivity contribution in [3.63, 3.8) is 0 Å². The molecule has 0 aliphatic carbocycles. The number of alkyl halides is 4. The van der Waals surface area contributed by atoms with Gasteiger partial charge in [-0.25, -0.2) is 18.0 Å². The lowest BCUT2D eigenvalue weighted by Crippen LogP contribution is -2.35. The first kappa shape index (κ1) is 22.1. The van der Waals surface area contributed by atoms with Gasteiger partial charge in [-0.15, -0.1) is 0 Å². The molecule has 0 unspecified atom stereocenters. The Bertz CT molecular complexity index is 1050. The maximum Gasteiger partial charge on any atom is 0.418 e. The molecule has 1 atom stereocenters. The number of rotatable bonds is 5. The fourth-order valence-corrected chi connectivity index (χ4v) is 2.89. The summed E-state index contributed by atoms with van der Waals surface area (Å²) in [5.41, 5.74) is -1.97. The maximum atomic E-state index is 13.8. The molecule has 0 bridgehead atoms. The summed E-state index contributed by atoms with van der Waals surface area (Å²) < 4.78 is 81.0. The van der Waals surface area contributed by atoms with Gasteiger partial charge < -0.3 is 10.6 Å². The third-order valence-electron chi connectivity index (χ3n) is 4.36. The molecule has 0 aliphatic rings. The predicted molar refractivity (Wildman–Crippen MR) is 101 cm³/mol. The number of hydrogen-bond donors (Lipinski definition) is 2. The minimum atomic E-state index is -4.78. The molecule has 3 aromatic rings. The van der Waals surface area contributed by atoms with E-state index >= 15 is 0 Å². The summed E-state index contributed by atoms with van der Waals surface area (Å²) in [5.74, 6) is -2.12. The van der Waals surface area contributed by atoms with E-state index in [1.54, 1.807) is 0 Å². The molecule has 10 heteroatoms. The first-order valence-electron chi connectivity index (χ1n) is 8.89. The van der Waals surface area contributed by atoms with Crippen molar-refractivity contribution in [3.05, 3.63) is 94.8 Å². The number of benzene rings is 2. The summed E-state index contributed by atoms with van der Waals surface area (Å²) in [6, 6.07) is 7.53. The summed E-state index contributed by atoms with van der Waals surface area (Å²) in [5, 5.41) is 4.22. The molecule has 1 heterocycles. The number of carbonyl (C=O) groups is 1. The number of pyridine rings is 1. The second-order valence-electron chi connectivity index (χ2n) is 6.44. The summed E-state index contributed by atoms with van der Waals surface area (Å²) in [6.45, 7) is -0.789. The highest BCUT2D eigenvalue weighted by Crippen LogP contribution is 2.35. The van der Waals surface area contributed by atoms with E-state index in [9.17, 15) is 31.1 Å². The molecule has 3 rings (SSSR count). The largest absolute Gasteiger partial charge is 0.418 e. The van der Waals surface area contributed by atoms with Crippen molar-refractivity contribution >= 4 is 11.7 Å². The van der Waals surface area contributed by atoms with Gasteiger partial charge in [0.2, 0.25) is 0 Å². The van der Waals surface area contributed by atoms with Gasteiger partial charge in [-0.1, -0.05) is 30.3 Å². The van der Waals surface area contributed by atoms with Gasteiger partial charge in [0.25, 0.3) is 0 Å². The molecule has 162 valence electrons. The number of hydrogen-bond acceptors (Lipinski definition) is 2. The monoisotopic (exact) mass is 439 g/mol. The van der Waals surface area contributed by atoms with Crippen molar-refractivity contribution in [1.82, 2.24) is 10.3 Å². The van der Waals surface area contributed by atoms with Crippen LogP contribution in [0.25, 0.3) is 0 Å². The summed E-state index contributed by atoms with van der Waals surface area (Å²) in [6.07, 6.45) is -3.67. The second kappa shape index (κ2) is 9.07. The van der Waals surface area contributed by atoms with Crippen molar-refractivity contribution in [2.75, 3.05) is 5.32 Å². The molecule has 2 amide bonds. The minimum Gasteiger partial charge on any atom is -0.325 e. The van der Waals surface area contributed by atoms with Crippen LogP contribution in [0.5, 0.6) is 0 Å². The zero-order chi connectivity index (χ0) is 22.6. The number of aromatic nitrogens is 1. The Morgan fingerprint density at radius 2 is 1.61 bits per heavy atom. The second-order valence-corrected chi connectivity index (χ2v) is 6.44. The van der Waals surface area contributed by atoms with E-state index in [4.69, 9.17) is 0 Å². The molecule has 2 N–H and O–H groups in total. The fourth-order valence-electron chi connectivity index (χ4n) is 2.89. The van der Waals surface area contributed by atoms with E-state index in [0.29, 0.717) is 0 Å². The topological polar surface area (TPSA) is 54.0 Å². The molecule has 31 heavy (non-hydrogen) atoms. The third-order valence-corrected chi connectivity index (χ3v) is 4.36. The van der Waals surface area contributed by atoms with Crippen LogP contribution in [0.4, 0.5) is 36.8 Å². The molecule has 0 saturated heterocycles. The van der Waals surface area contributed by atoms with Gasteiger partial charge in [-0.3, -0.25) is 4.98 Å². The number of nitrogens with zero attached hydrogens (tertiary/aromatic N) is 1. The molecule has 0 fully saturated rings. The van der Waals surface area contributed by atoms with Crippen molar-refractivity contribution in [2.24, 2.45) is 0 Å². The quantitative estimate of drug-likeness (QED) is 0.497. The zero-order valence-corrected chi connectivity index (χ0v) is 15.7. The number of urea groups is 1. The number of halogens is 6. The molecule has 4 nitrogen and oxygen atoms in total. The highest BCUT2D eigenvalue weighted by atomic mass is 19.4. The van der Waals surface area contributed by atoms with Crippen molar-refractivity contribution < 1.29 is 31.1 Å². The van der Waals surface area contributed by atoms with E-state index in [2.05, 4.69) is 10.3 Å². The van der Waals surface area contributed by atoms with E-state index in [1.807, 2.05) is 5.32 Å². The zero-order valence-electron chi connectivity index (χ0n) is 15.7. The molecule has 1 aromatic heterocycles. The maximum absolute atomic E-state index is 13.8. The summed E-state index contributed by atoms with van der Waals surface area (Å²) in [7, 11) is 0. The Morgan fingerprint density at radius 3 is 2.19 bits per heavy atom. The van der Waals surface area contributed by atoms with Crippen molar-refractivity contribution in [2.45, 2.75) is 18.9 Å². The van der Waals surface area contributed by atoms with Crippen LogP contribution in [0.3, 0.4) is 0 Å². The van der Waals surface area contributed by atoms with Crippen LogP contribution in [0.1, 0.15) is 28.4 Å². The van der Waals surface area contributed by atoms with E-state index in [1.165, 1.54) is 24.3 Å². The van der Waals surface area contributed by atoms with Gasteiger partial charge in [-0.05, 0) is 35.4 Å². The lowest BCUT2D eigenvalue weighted by atomic mass is 9.98. The molecule has 0 radical (unpaired) electrons. The standard InChI is InChI=1S/C21H15F6N3O/c22-11-12-6-8-13(9-7-12)17(18-14(21(25,26)27)3-2-10-28-18)29-20(31)30-19-15(23)4-1-5-16(19)24/h1-10,17H,11H2,(H2,29,30,31)/t17-/m0/s1. The Hall–Kier alpha value is -3.56. The van der Waals surface area contributed by atoms with Gasteiger partial charge in [0.05, 0.1) is 17.3 Å². The number of carbonyl (C=O) groups excluding carboxylic acids is 1. The lowest BCUT2D eigenvalue weighted by Gasteiger charge is -2.23. The van der Waals surface area contributed by atoms with Crippen LogP contribution in [0.15, 0.2) is 60.8 Å². The fraction of sp³-hybridized carbons (Fsp3) is 0.143. The Balaban J connectivity index is 2.00. The normalized spacial score (nSPS) is 12.3. The van der Waals surface area contributed by atoms with Gasteiger partial charge in [0.1, 0.15) is 24.0 Å². The smallest absolute Gasteiger partial charge is 0.325 e. The molecule has 0 aliphatic heterocycles. The van der Waals surface area contributed by atoms with Crippen LogP contribution in [0, 0.1) is 11.6 Å². The van der Waals surface area contributed by atoms with E-state index < -0.39 is 53.5 Å². The first-order valence-corrected chi connectivity index (χ1v) is 8.89. The predicted octanol–water partition coefficient (Wildman–Crippen LogP) is 5.76. The Kier molecular flexibility index (Phi) is 6.47. The van der Waals surface area contributed by atoms with Crippen LogP contribution < -0.4 is 10.6 Å². The highest BCUT2D eigenvalue weighted by Gasteiger charge is 2.37. The molecule has 0 saturated carbocycles. The summed E-state index contributed by atoms with van der Waals surface area (Å²) >= 11 is 0. The molecular formula is C21H15F6N3O. The lowest BCUT2D eigenvalue weighted by molar-refractivity contribution is -0.138. The van der Waals surface area contributed by atoms with Gasteiger partial charge in [-0.2, -0.15) is 13.2 Å². The van der Waals surface area contributed by atoms with Gasteiger partial charge in [0.15, 0.2) is 0 Å². The van der Waals surface area contributed by atoms with Crippen LogP contribution in [-0.2, 0) is 12.9 Å². The highest BCUT2D eigenvalue weighted by molar-refractivity contribution is 5.90. The third kappa shape index (κ3) is 5.14. The minimum absolute atomic E-state index is 0.158. The molecule has 2 aromatic carbocycles. The van der Waals surface area contributed by atoms with Gasteiger partial charge >= 0.3 is 12.2 Å². The van der Waals surface area contributed by atoms with Crippen LogP contribution >= 0.6 is 0 Å². The average Bonchev–Trinajstić information content (AvgIpc) is 2.74. The number of para-hydroxylation sites is 1. The molecule has 0 spiro atoms. The van der Waals surface area contributed by atoms with Crippen molar-refractivity contribution in [1.29, 1.82) is 0 Å². The van der Waals surface area contributed by atoms with E-state index in [-0.39, 0.29) is 11.1 Å². The Morgan fingerprint density at radius 1 is 0.968 bits per heavy atom. The molecular weight excluding hydrogens is 424 g/mol. The first-order chi connectivity index (χ1) is 14.7. The number of amides is 2.